The van der Waals surface area contributed by atoms with Crippen molar-refractivity contribution in [1.29, 1.82) is 0 Å². The lowest BCUT2D eigenvalue weighted by atomic mass is 9.85. The van der Waals surface area contributed by atoms with E-state index in [2.05, 4.69) is 86.1 Å². The maximum absolute atomic E-state index is 16.2. The molecule has 372 valence electrons. The van der Waals surface area contributed by atoms with Gasteiger partial charge >= 0.3 is 0 Å². The summed E-state index contributed by atoms with van der Waals surface area (Å²) in [5.41, 5.74) is 9.07. The fourth-order valence-corrected chi connectivity index (χ4v) is 12.0. The standard InChI is InChI=1S/C56H67FN10O4/c1-34-26-41(28-45(57)51(34)39-17-22-64(23-18-39)36(3)48-29-43-42(14-19-59-52(43)62(48)7)40-9-12-49(58-6)60-30-40)54(70)65-20-15-37(16-21-65)33-66-25-24-63(31-35(66)2)32-38-8-10-46-44(27-38)56(4,5)55(71)67(46)47-11-13-50(68)61-53(47)69/h8-10,12,14,17,19,26-30,35-37,47H,11,13,15-16,18,20-25,31-33H2,1-7H3,(H,58,60)(H,61,68,69)/t35-,36?,47?/m0/s1. The van der Waals surface area contributed by atoms with Gasteiger partial charge in [-0.15, -0.1) is 0 Å². The zero-order valence-corrected chi connectivity index (χ0v) is 42.2. The molecule has 3 atom stereocenters. The van der Waals surface area contributed by atoms with E-state index in [0.717, 1.165) is 114 Å². The molecule has 0 aliphatic carbocycles. The van der Waals surface area contributed by atoms with Crippen molar-refractivity contribution in [3.63, 3.8) is 0 Å². The number of carbonyl (C=O) groups is 4. The van der Waals surface area contributed by atoms with Gasteiger partial charge in [-0.05, 0) is 137 Å². The number of piperidine rings is 2. The Morgan fingerprint density at radius 2 is 1.76 bits per heavy atom. The second-order valence-corrected chi connectivity index (χ2v) is 21.1. The molecule has 2 N–H and O–H groups in total. The number of piperazine rings is 1. The van der Waals surface area contributed by atoms with Gasteiger partial charge in [0.05, 0.1) is 5.41 Å². The molecule has 0 bridgehead atoms. The Morgan fingerprint density at radius 1 is 0.958 bits per heavy atom. The third-order valence-electron chi connectivity index (χ3n) is 16.3. The fourth-order valence-electron chi connectivity index (χ4n) is 12.0. The van der Waals surface area contributed by atoms with Gasteiger partial charge in [-0.2, -0.15) is 0 Å². The number of hydrogen-bond donors (Lipinski definition) is 2. The van der Waals surface area contributed by atoms with E-state index in [1.807, 2.05) is 69.4 Å². The van der Waals surface area contributed by atoms with E-state index in [-0.39, 0.29) is 36.0 Å². The first-order valence-electron chi connectivity index (χ1n) is 25.5. The lowest BCUT2D eigenvalue weighted by Crippen LogP contribution is -2.55. The van der Waals surface area contributed by atoms with Crippen molar-refractivity contribution in [3.8, 4) is 11.1 Å². The number of fused-ring (bicyclic) bond motifs is 2. The number of carbonyl (C=O) groups excluding carboxylic acids is 4. The summed E-state index contributed by atoms with van der Waals surface area (Å²) >= 11 is 0. The van der Waals surface area contributed by atoms with Crippen molar-refractivity contribution in [3.05, 3.63) is 112 Å². The summed E-state index contributed by atoms with van der Waals surface area (Å²) in [5, 5.41) is 6.58. The summed E-state index contributed by atoms with van der Waals surface area (Å²) < 4.78 is 18.3. The second kappa shape index (κ2) is 19.4. The Kier molecular flexibility index (Phi) is 13.2. The summed E-state index contributed by atoms with van der Waals surface area (Å²) in [6.45, 7) is 17.6. The molecule has 3 saturated heterocycles. The highest BCUT2D eigenvalue weighted by Gasteiger charge is 2.49. The number of anilines is 2. The minimum absolute atomic E-state index is 0.0987. The highest BCUT2D eigenvalue weighted by Crippen LogP contribution is 2.44. The Morgan fingerprint density at radius 3 is 2.45 bits per heavy atom. The third-order valence-corrected chi connectivity index (χ3v) is 16.3. The second-order valence-electron chi connectivity index (χ2n) is 21.1. The summed E-state index contributed by atoms with van der Waals surface area (Å²) in [5.74, 6) is 0.0490. The van der Waals surface area contributed by atoms with Crippen LogP contribution in [0.4, 0.5) is 15.9 Å². The Bertz CT molecular complexity index is 2920. The molecular weight excluding hydrogens is 896 g/mol. The molecule has 3 aromatic heterocycles. The molecule has 10 rings (SSSR count). The van der Waals surface area contributed by atoms with E-state index in [1.165, 1.54) is 6.07 Å². The van der Waals surface area contributed by atoms with Crippen LogP contribution in [0, 0.1) is 18.7 Å². The number of aryl methyl sites for hydroxylation is 2. The quantitative estimate of drug-likeness (QED) is 0.128. The number of nitrogens with zero attached hydrogens (tertiary/aromatic N) is 8. The summed E-state index contributed by atoms with van der Waals surface area (Å²) in [7, 11) is 3.93. The minimum atomic E-state index is -0.777. The van der Waals surface area contributed by atoms with E-state index in [0.29, 0.717) is 55.6 Å². The summed E-state index contributed by atoms with van der Waals surface area (Å²) in [6, 6.07) is 17.6. The molecule has 5 aliphatic rings. The number of pyridine rings is 2. The predicted molar refractivity (Wildman–Crippen MR) is 275 cm³/mol. The number of benzene rings is 2. The summed E-state index contributed by atoms with van der Waals surface area (Å²) in [4.78, 5) is 72.4. The van der Waals surface area contributed by atoms with Crippen LogP contribution in [-0.4, -0.2) is 129 Å². The number of likely N-dealkylation sites (tertiary alicyclic amines) is 1. The number of nitrogens with one attached hydrogen (secondary N) is 2. The van der Waals surface area contributed by atoms with Gasteiger partial charge < -0.3 is 14.8 Å². The number of hydrogen-bond acceptors (Lipinski definition) is 10. The monoisotopic (exact) mass is 963 g/mol. The molecule has 5 aliphatic heterocycles. The number of amides is 4. The lowest BCUT2D eigenvalue weighted by molar-refractivity contribution is -0.136. The lowest BCUT2D eigenvalue weighted by Gasteiger charge is -2.42. The van der Waals surface area contributed by atoms with Crippen LogP contribution in [-0.2, 0) is 33.4 Å². The molecule has 2 aromatic carbocycles. The Labute approximate surface area is 416 Å². The van der Waals surface area contributed by atoms with Crippen molar-refractivity contribution >= 4 is 51.7 Å². The molecular formula is C56H67FN10O4. The average Bonchev–Trinajstić information content (AvgIpc) is 3.80. The SMILES string of the molecule is CNc1ccc(-c2ccnc3c2cc(C(C)N2CC=C(c4c(C)cc(C(=O)N5CCC(CN6CCN(Cc7ccc8c(c7)C(C)(C)C(=O)N8C7CCC(=O)NC7=O)C[C@@H]6C)CC5)cc4F)CC2)n3C)cn1. The third kappa shape index (κ3) is 9.16. The van der Waals surface area contributed by atoms with E-state index in [9.17, 15) is 19.2 Å². The molecule has 2 unspecified atom stereocenters. The first kappa shape index (κ1) is 48.3. The zero-order chi connectivity index (χ0) is 49.9. The predicted octanol–water partition coefficient (Wildman–Crippen LogP) is 7.46. The number of halogens is 1. The number of imide groups is 1. The van der Waals surface area contributed by atoms with Gasteiger partial charge in [0.2, 0.25) is 17.7 Å². The molecule has 15 heteroatoms. The Hall–Kier alpha value is -6.29. The molecule has 5 aromatic rings. The van der Waals surface area contributed by atoms with Gasteiger partial charge in [-0.25, -0.2) is 14.4 Å². The molecule has 0 saturated carbocycles. The molecule has 14 nitrogen and oxygen atoms in total. The number of aromatic nitrogens is 3. The first-order chi connectivity index (χ1) is 34.1. The van der Waals surface area contributed by atoms with Gasteiger partial charge in [0, 0.05) is 137 Å². The van der Waals surface area contributed by atoms with E-state index < -0.39 is 17.4 Å². The van der Waals surface area contributed by atoms with Gasteiger partial charge in [0.25, 0.3) is 5.91 Å². The molecule has 3 fully saturated rings. The van der Waals surface area contributed by atoms with Crippen LogP contribution in [0.2, 0.25) is 0 Å². The zero-order valence-electron chi connectivity index (χ0n) is 42.2. The van der Waals surface area contributed by atoms with E-state index in [1.54, 1.807) is 4.90 Å². The van der Waals surface area contributed by atoms with Crippen LogP contribution in [0.1, 0.15) is 104 Å². The van der Waals surface area contributed by atoms with Gasteiger partial charge in [-0.3, -0.25) is 44.1 Å². The topological polar surface area (TPSA) is 139 Å². The van der Waals surface area contributed by atoms with Crippen LogP contribution < -0.4 is 15.5 Å². The van der Waals surface area contributed by atoms with Gasteiger partial charge in [0.1, 0.15) is 23.3 Å². The molecule has 0 spiro atoms. The summed E-state index contributed by atoms with van der Waals surface area (Å²) in [6.07, 6.45) is 8.98. The van der Waals surface area contributed by atoms with Crippen molar-refractivity contribution in [1.82, 2.24) is 39.5 Å². The van der Waals surface area contributed by atoms with Gasteiger partial charge in [-0.1, -0.05) is 18.2 Å². The number of rotatable bonds is 11. The normalized spacial score (nSPS) is 21.9. The highest BCUT2D eigenvalue weighted by molar-refractivity contribution is 6.13. The van der Waals surface area contributed by atoms with E-state index >= 15 is 4.39 Å². The highest BCUT2D eigenvalue weighted by atomic mass is 19.1. The van der Waals surface area contributed by atoms with E-state index in [4.69, 9.17) is 4.98 Å². The smallest absolute Gasteiger partial charge is 0.253 e. The van der Waals surface area contributed by atoms with Gasteiger partial charge in [0.15, 0.2) is 0 Å². The molecule has 0 radical (unpaired) electrons. The maximum atomic E-state index is 16.2. The van der Waals surface area contributed by atoms with Crippen LogP contribution in [0.15, 0.2) is 73.1 Å². The van der Waals surface area contributed by atoms with Crippen LogP contribution in [0.25, 0.3) is 27.7 Å². The first-order valence-corrected chi connectivity index (χ1v) is 25.5. The molecule has 8 heterocycles. The van der Waals surface area contributed by atoms with Crippen molar-refractivity contribution in [2.45, 2.75) is 96.8 Å². The maximum Gasteiger partial charge on any atom is 0.253 e. The van der Waals surface area contributed by atoms with Crippen LogP contribution in [0.3, 0.4) is 0 Å². The Balaban J connectivity index is 0.712. The molecule has 4 amide bonds. The molecule has 71 heavy (non-hydrogen) atoms. The van der Waals surface area contributed by atoms with Crippen LogP contribution in [0.5, 0.6) is 0 Å². The largest absolute Gasteiger partial charge is 0.373 e. The van der Waals surface area contributed by atoms with Crippen LogP contribution >= 0.6 is 0 Å². The van der Waals surface area contributed by atoms with Crippen molar-refractivity contribution in [2.75, 3.05) is 69.6 Å². The fraction of sp³-hybridized carbons (Fsp3) is 0.464. The minimum Gasteiger partial charge on any atom is -0.373 e. The van der Waals surface area contributed by atoms with Crippen molar-refractivity contribution < 1.29 is 23.6 Å². The average molecular weight is 963 g/mol. The van der Waals surface area contributed by atoms with Crippen molar-refractivity contribution in [2.24, 2.45) is 13.0 Å².